The van der Waals surface area contributed by atoms with Crippen molar-refractivity contribution < 1.29 is 12.8 Å². The maximum Gasteiger partial charge on any atom is 0.263 e. The van der Waals surface area contributed by atoms with E-state index in [-0.39, 0.29) is 16.5 Å². The number of benzene rings is 3. The van der Waals surface area contributed by atoms with Gasteiger partial charge in [0.1, 0.15) is 5.82 Å². The molecule has 0 unspecified atom stereocenters. The second kappa shape index (κ2) is 7.96. The maximum atomic E-state index is 13.5. The average molecular weight is 437 g/mol. The van der Waals surface area contributed by atoms with Gasteiger partial charge in [0.15, 0.2) is 11.6 Å². The van der Waals surface area contributed by atoms with Crippen LogP contribution >= 0.6 is 0 Å². The van der Waals surface area contributed by atoms with E-state index in [9.17, 15) is 12.8 Å². The Labute approximate surface area is 180 Å². The highest BCUT2D eigenvalue weighted by Gasteiger charge is 2.21. The van der Waals surface area contributed by atoms with Crippen LogP contribution in [0.5, 0.6) is 0 Å². The molecule has 0 aliphatic rings. The van der Waals surface area contributed by atoms with Crippen molar-refractivity contribution in [1.29, 1.82) is 0 Å². The molecule has 0 saturated carbocycles. The van der Waals surface area contributed by atoms with Crippen LogP contribution in [0, 0.1) is 26.6 Å². The third-order valence-electron chi connectivity index (χ3n) is 5.00. The number of nitrogens with zero attached hydrogens (tertiary/aromatic N) is 2. The maximum absolute atomic E-state index is 13.5. The standard InChI is InChI=1S/C23H21FN4O2S/c1-14-8-10-18(13-15(14)2)25-22-23(27-20-7-5-4-6-19(20)26-22)28-31(29,30)21-11-9-17(24)12-16(21)3/h4-13H,1-3H3,(H,25,26)(H,27,28). The molecule has 8 heteroatoms. The Kier molecular flexibility index (Phi) is 5.32. The van der Waals surface area contributed by atoms with Crippen LogP contribution in [0.15, 0.2) is 65.6 Å². The molecule has 158 valence electrons. The number of anilines is 3. The summed E-state index contributed by atoms with van der Waals surface area (Å²) in [6.45, 7) is 5.55. The van der Waals surface area contributed by atoms with Gasteiger partial charge in [0.2, 0.25) is 0 Å². The van der Waals surface area contributed by atoms with Crippen molar-refractivity contribution in [3.63, 3.8) is 0 Å². The molecular weight excluding hydrogens is 415 g/mol. The number of hydrogen-bond acceptors (Lipinski definition) is 5. The molecule has 0 saturated heterocycles. The van der Waals surface area contributed by atoms with Gasteiger partial charge in [-0.05, 0) is 79.9 Å². The second-order valence-corrected chi connectivity index (χ2v) is 9.00. The molecule has 1 heterocycles. The van der Waals surface area contributed by atoms with Crippen LogP contribution in [0.1, 0.15) is 16.7 Å². The van der Waals surface area contributed by atoms with Gasteiger partial charge in [-0.25, -0.2) is 22.8 Å². The van der Waals surface area contributed by atoms with E-state index in [0.29, 0.717) is 16.6 Å². The number of para-hydroxylation sites is 2. The highest BCUT2D eigenvalue weighted by Crippen LogP contribution is 2.28. The Bertz CT molecular complexity index is 1400. The molecule has 0 atom stereocenters. The second-order valence-electron chi connectivity index (χ2n) is 7.35. The van der Waals surface area contributed by atoms with E-state index in [1.807, 2.05) is 38.1 Å². The summed E-state index contributed by atoms with van der Waals surface area (Å²) in [6, 6.07) is 16.5. The average Bonchev–Trinajstić information content (AvgIpc) is 2.70. The van der Waals surface area contributed by atoms with Crippen LogP contribution in [0.3, 0.4) is 0 Å². The zero-order valence-corrected chi connectivity index (χ0v) is 18.1. The molecule has 3 aromatic carbocycles. The first-order chi connectivity index (χ1) is 14.7. The largest absolute Gasteiger partial charge is 0.337 e. The topological polar surface area (TPSA) is 84.0 Å². The van der Waals surface area contributed by atoms with Crippen LogP contribution in [0.25, 0.3) is 11.0 Å². The summed E-state index contributed by atoms with van der Waals surface area (Å²) in [6.07, 6.45) is 0. The van der Waals surface area contributed by atoms with Gasteiger partial charge < -0.3 is 5.32 Å². The smallest absolute Gasteiger partial charge is 0.263 e. The Morgan fingerprint density at radius 1 is 0.774 bits per heavy atom. The number of nitrogens with one attached hydrogen (secondary N) is 2. The lowest BCUT2D eigenvalue weighted by molar-refractivity contribution is 0.598. The quantitative estimate of drug-likeness (QED) is 0.447. The molecule has 0 radical (unpaired) electrons. The van der Waals surface area contributed by atoms with E-state index in [0.717, 1.165) is 22.9 Å². The van der Waals surface area contributed by atoms with Gasteiger partial charge in [-0.2, -0.15) is 0 Å². The fraction of sp³-hybridized carbons (Fsp3) is 0.130. The summed E-state index contributed by atoms with van der Waals surface area (Å²) in [5.74, 6) is -0.176. The number of fused-ring (bicyclic) bond motifs is 1. The molecule has 6 nitrogen and oxygen atoms in total. The van der Waals surface area contributed by atoms with Gasteiger partial charge in [0.05, 0.1) is 15.9 Å². The molecule has 4 aromatic rings. The summed E-state index contributed by atoms with van der Waals surface area (Å²) in [5.41, 5.74) is 4.44. The number of halogens is 1. The molecule has 0 fully saturated rings. The SMILES string of the molecule is Cc1ccc(Nc2nc3ccccc3nc2NS(=O)(=O)c2ccc(F)cc2C)cc1C. The Morgan fingerprint density at radius 2 is 1.45 bits per heavy atom. The number of hydrogen-bond donors (Lipinski definition) is 2. The minimum atomic E-state index is -4.02. The fourth-order valence-corrected chi connectivity index (χ4v) is 4.45. The van der Waals surface area contributed by atoms with Crippen LogP contribution in [0.4, 0.5) is 21.7 Å². The summed E-state index contributed by atoms with van der Waals surface area (Å²) in [7, 11) is -4.02. The summed E-state index contributed by atoms with van der Waals surface area (Å²) >= 11 is 0. The fourth-order valence-electron chi connectivity index (χ4n) is 3.21. The van der Waals surface area contributed by atoms with Gasteiger partial charge in [0.25, 0.3) is 10.0 Å². The molecule has 0 aliphatic carbocycles. The molecule has 4 rings (SSSR count). The lowest BCUT2D eigenvalue weighted by Crippen LogP contribution is -2.17. The number of sulfonamides is 1. The van der Waals surface area contributed by atoms with E-state index >= 15 is 0 Å². The monoisotopic (exact) mass is 436 g/mol. The molecule has 0 aliphatic heterocycles. The Morgan fingerprint density at radius 3 is 2.10 bits per heavy atom. The van der Waals surface area contributed by atoms with E-state index in [4.69, 9.17) is 0 Å². The number of aromatic nitrogens is 2. The molecule has 0 bridgehead atoms. The molecule has 1 aromatic heterocycles. The summed E-state index contributed by atoms with van der Waals surface area (Å²) < 4.78 is 42.1. The Hall–Kier alpha value is -3.52. The third-order valence-corrected chi connectivity index (χ3v) is 6.50. The molecular formula is C23H21FN4O2S. The minimum absolute atomic E-state index is 0.0269. The zero-order valence-electron chi connectivity index (χ0n) is 17.3. The first-order valence-electron chi connectivity index (χ1n) is 9.63. The highest BCUT2D eigenvalue weighted by molar-refractivity contribution is 7.92. The van der Waals surface area contributed by atoms with E-state index in [1.54, 1.807) is 18.2 Å². The van der Waals surface area contributed by atoms with Crippen molar-refractivity contribution in [2.75, 3.05) is 10.0 Å². The summed E-state index contributed by atoms with van der Waals surface area (Å²) in [5, 5.41) is 3.17. The summed E-state index contributed by atoms with van der Waals surface area (Å²) in [4.78, 5) is 9.03. The van der Waals surface area contributed by atoms with Crippen LogP contribution in [-0.4, -0.2) is 18.4 Å². The molecule has 31 heavy (non-hydrogen) atoms. The van der Waals surface area contributed by atoms with Gasteiger partial charge in [-0.1, -0.05) is 18.2 Å². The van der Waals surface area contributed by atoms with Crippen molar-refractivity contribution in [1.82, 2.24) is 9.97 Å². The third kappa shape index (κ3) is 4.34. The first kappa shape index (κ1) is 20.7. The Balaban J connectivity index is 1.79. The van der Waals surface area contributed by atoms with E-state index in [2.05, 4.69) is 20.0 Å². The first-order valence-corrected chi connectivity index (χ1v) is 11.1. The van der Waals surface area contributed by atoms with Crippen molar-refractivity contribution in [2.24, 2.45) is 0 Å². The molecule has 0 spiro atoms. The minimum Gasteiger partial charge on any atom is -0.337 e. The van der Waals surface area contributed by atoms with Crippen molar-refractivity contribution >= 4 is 38.4 Å². The molecule has 0 amide bonds. The van der Waals surface area contributed by atoms with E-state index in [1.165, 1.54) is 19.1 Å². The van der Waals surface area contributed by atoms with Gasteiger partial charge in [-0.3, -0.25) is 4.72 Å². The van der Waals surface area contributed by atoms with Gasteiger partial charge >= 0.3 is 0 Å². The van der Waals surface area contributed by atoms with Gasteiger partial charge in [-0.15, -0.1) is 0 Å². The highest BCUT2D eigenvalue weighted by atomic mass is 32.2. The predicted molar refractivity (Wildman–Crippen MR) is 121 cm³/mol. The number of aryl methyl sites for hydroxylation is 3. The normalized spacial score (nSPS) is 11.5. The van der Waals surface area contributed by atoms with E-state index < -0.39 is 15.8 Å². The van der Waals surface area contributed by atoms with Crippen LogP contribution in [0.2, 0.25) is 0 Å². The lowest BCUT2D eigenvalue weighted by atomic mass is 10.1. The zero-order chi connectivity index (χ0) is 22.2. The predicted octanol–water partition coefficient (Wildman–Crippen LogP) is 5.24. The van der Waals surface area contributed by atoms with Crippen molar-refractivity contribution in [3.8, 4) is 0 Å². The lowest BCUT2D eigenvalue weighted by Gasteiger charge is -2.15. The van der Waals surface area contributed by atoms with Gasteiger partial charge in [0, 0.05) is 5.69 Å². The van der Waals surface area contributed by atoms with Crippen molar-refractivity contribution in [2.45, 2.75) is 25.7 Å². The van der Waals surface area contributed by atoms with Crippen molar-refractivity contribution in [3.05, 3.63) is 83.2 Å². The van der Waals surface area contributed by atoms with Crippen LogP contribution < -0.4 is 10.0 Å². The van der Waals surface area contributed by atoms with Crippen LogP contribution in [-0.2, 0) is 10.0 Å². The number of rotatable bonds is 5. The molecule has 2 N–H and O–H groups in total.